The molecule has 0 N–H and O–H groups in total. The van der Waals surface area contributed by atoms with Gasteiger partial charge in [-0.05, 0) is 109 Å². The lowest BCUT2D eigenvalue weighted by Gasteiger charge is -2.35. The van der Waals surface area contributed by atoms with Crippen LogP contribution in [0.5, 0.6) is 0 Å². The van der Waals surface area contributed by atoms with Crippen molar-refractivity contribution in [3.05, 3.63) is 258 Å². The highest BCUT2D eigenvalue weighted by Gasteiger charge is 2.46. The molecule has 10 aromatic carbocycles. The van der Waals surface area contributed by atoms with Crippen molar-refractivity contribution >= 4 is 49.8 Å². The van der Waals surface area contributed by atoms with Crippen molar-refractivity contribution in [2.45, 2.75) is 24.7 Å². The SMILES string of the molecule is CC1(C)c2ccccc2-c2ccc(N(c3ccc4c(c3)C(c3ccccc3)(c3ccccc3)c3ccccc3-4)c3ccccc3-c3cccc4oc5c6ccccc6ccc5c34)cc21. The predicted octanol–water partition coefficient (Wildman–Crippen LogP) is 16.5. The average molecular weight is 818 g/mol. The fourth-order valence-corrected chi connectivity index (χ4v) is 11.5. The lowest BCUT2D eigenvalue weighted by atomic mass is 9.67. The largest absolute Gasteiger partial charge is 0.455 e. The van der Waals surface area contributed by atoms with Gasteiger partial charge in [0.25, 0.3) is 0 Å². The van der Waals surface area contributed by atoms with Crippen molar-refractivity contribution in [2.75, 3.05) is 4.90 Å². The van der Waals surface area contributed by atoms with Gasteiger partial charge in [0.2, 0.25) is 0 Å². The Morgan fingerprint density at radius 2 is 0.922 bits per heavy atom. The van der Waals surface area contributed by atoms with E-state index in [1.807, 2.05) is 0 Å². The summed E-state index contributed by atoms with van der Waals surface area (Å²) in [7, 11) is 0. The highest BCUT2D eigenvalue weighted by molar-refractivity contribution is 6.19. The lowest BCUT2D eigenvalue weighted by Crippen LogP contribution is -2.28. The van der Waals surface area contributed by atoms with Crippen LogP contribution in [0.3, 0.4) is 0 Å². The van der Waals surface area contributed by atoms with Gasteiger partial charge in [-0.25, -0.2) is 0 Å². The maximum atomic E-state index is 6.78. The fourth-order valence-electron chi connectivity index (χ4n) is 11.5. The molecule has 0 radical (unpaired) electrons. The minimum Gasteiger partial charge on any atom is -0.455 e. The molecule has 302 valence electrons. The number of hydrogen-bond donors (Lipinski definition) is 0. The van der Waals surface area contributed by atoms with Crippen molar-refractivity contribution in [1.82, 2.24) is 0 Å². The molecule has 1 aromatic heterocycles. The number of anilines is 3. The minimum atomic E-state index is -0.540. The molecule has 0 aliphatic heterocycles. The first-order chi connectivity index (χ1) is 31.5. The van der Waals surface area contributed by atoms with Crippen LogP contribution < -0.4 is 4.90 Å². The van der Waals surface area contributed by atoms with E-state index in [4.69, 9.17) is 4.42 Å². The molecule has 0 saturated heterocycles. The molecule has 0 bridgehead atoms. The number of hydrogen-bond acceptors (Lipinski definition) is 2. The molecular formula is C62H43NO. The van der Waals surface area contributed by atoms with E-state index >= 15 is 0 Å². The molecule has 2 aliphatic carbocycles. The van der Waals surface area contributed by atoms with Gasteiger partial charge in [-0.1, -0.05) is 196 Å². The van der Waals surface area contributed by atoms with Gasteiger partial charge in [-0.15, -0.1) is 0 Å². The van der Waals surface area contributed by atoms with E-state index in [1.54, 1.807) is 0 Å². The minimum absolute atomic E-state index is 0.174. The van der Waals surface area contributed by atoms with Crippen molar-refractivity contribution in [1.29, 1.82) is 0 Å². The van der Waals surface area contributed by atoms with Crippen molar-refractivity contribution in [3.63, 3.8) is 0 Å². The third-order valence-corrected chi connectivity index (χ3v) is 14.3. The van der Waals surface area contributed by atoms with Gasteiger partial charge in [0.15, 0.2) is 0 Å². The molecule has 11 aromatic rings. The van der Waals surface area contributed by atoms with Crippen LogP contribution in [0.15, 0.2) is 229 Å². The lowest BCUT2D eigenvalue weighted by molar-refractivity contribution is 0.660. The Labute approximate surface area is 373 Å². The van der Waals surface area contributed by atoms with Crippen molar-refractivity contribution < 1.29 is 4.42 Å². The van der Waals surface area contributed by atoms with Crippen LogP contribution in [0, 0.1) is 0 Å². The second-order valence-electron chi connectivity index (χ2n) is 18.0. The van der Waals surface area contributed by atoms with Crippen LogP contribution in [0.1, 0.15) is 47.2 Å². The maximum Gasteiger partial charge on any atom is 0.143 e. The Hall–Kier alpha value is -7.94. The molecule has 2 nitrogen and oxygen atoms in total. The monoisotopic (exact) mass is 817 g/mol. The van der Waals surface area contributed by atoms with Gasteiger partial charge in [-0.2, -0.15) is 0 Å². The Balaban J connectivity index is 1.10. The number of benzene rings is 10. The van der Waals surface area contributed by atoms with Gasteiger partial charge in [0.05, 0.1) is 11.1 Å². The molecule has 0 spiro atoms. The first kappa shape index (κ1) is 36.7. The van der Waals surface area contributed by atoms with Crippen LogP contribution in [0.4, 0.5) is 17.1 Å². The molecule has 1 heterocycles. The van der Waals surface area contributed by atoms with Crippen LogP contribution in [-0.4, -0.2) is 0 Å². The van der Waals surface area contributed by atoms with Crippen molar-refractivity contribution in [3.8, 4) is 33.4 Å². The average Bonchev–Trinajstić information content (AvgIpc) is 3.96. The summed E-state index contributed by atoms with van der Waals surface area (Å²) in [5.41, 5.74) is 19.6. The summed E-state index contributed by atoms with van der Waals surface area (Å²) < 4.78 is 6.78. The van der Waals surface area contributed by atoms with Crippen LogP contribution in [0.25, 0.3) is 66.1 Å². The topological polar surface area (TPSA) is 16.4 Å². The first-order valence-corrected chi connectivity index (χ1v) is 22.3. The van der Waals surface area contributed by atoms with E-state index in [1.165, 1.54) is 61.0 Å². The second kappa shape index (κ2) is 13.8. The number of nitrogens with zero attached hydrogens (tertiary/aromatic N) is 1. The zero-order chi connectivity index (χ0) is 42.6. The van der Waals surface area contributed by atoms with Crippen LogP contribution in [-0.2, 0) is 10.8 Å². The van der Waals surface area contributed by atoms with E-state index in [9.17, 15) is 0 Å². The van der Waals surface area contributed by atoms with Gasteiger partial charge in [0, 0.05) is 38.5 Å². The third kappa shape index (κ3) is 5.08. The van der Waals surface area contributed by atoms with Crippen molar-refractivity contribution in [2.24, 2.45) is 0 Å². The van der Waals surface area contributed by atoms with Gasteiger partial charge < -0.3 is 9.32 Å². The molecule has 0 saturated carbocycles. The summed E-state index contributed by atoms with van der Waals surface area (Å²) in [6.07, 6.45) is 0. The van der Waals surface area contributed by atoms with E-state index in [2.05, 4.69) is 243 Å². The summed E-state index contributed by atoms with van der Waals surface area (Å²) >= 11 is 0. The maximum absolute atomic E-state index is 6.78. The standard InChI is InChI=1S/C62H43NO/c1-61(2)53-28-14-11-24-46(53)48-36-33-43(38-55(48)61)63(57-30-16-13-26-50(57)51-27-17-31-58-59(51)52-35-32-40-18-9-10-23-45(40)60(52)64-58)44-34-37-49-47-25-12-15-29-54(47)62(56(49)39-44,41-19-5-3-6-20-41)42-21-7-4-8-22-42/h3-39H,1-2H3. The molecule has 2 aliphatic rings. The molecule has 0 unspecified atom stereocenters. The quantitative estimate of drug-likeness (QED) is 0.166. The van der Waals surface area contributed by atoms with E-state index < -0.39 is 5.41 Å². The Kier molecular flexibility index (Phi) is 7.90. The van der Waals surface area contributed by atoms with Gasteiger partial charge >= 0.3 is 0 Å². The molecule has 64 heavy (non-hydrogen) atoms. The third-order valence-electron chi connectivity index (χ3n) is 14.3. The molecule has 0 fully saturated rings. The Bertz CT molecular complexity index is 3610. The van der Waals surface area contributed by atoms with E-state index in [0.29, 0.717) is 0 Å². The number of furan rings is 1. The van der Waals surface area contributed by atoms with Gasteiger partial charge in [0.1, 0.15) is 11.2 Å². The van der Waals surface area contributed by atoms with Gasteiger partial charge in [-0.3, -0.25) is 0 Å². The fraction of sp³-hybridized carbons (Fsp3) is 0.0645. The molecule has 0 amide bonds. The highest BCUT2D eigenvalue weighted by Crippen LogP contribution is 2.58. The number of fused-ring (bicyclic) bond motifs is 11. The Morgan fingerprint density at radius 1 is 0.375 bits per heavy atom. The smallest absolute Gasteiger partial charge is 0.143 e. The molecule has 2 heteroatoms. The molecular weight excluding hydrogens is 775 g/mol. The zero-order valence-electron chi connectivity index (χ0n) is 35.7. The van der Waals surface area contributed by atoms with Crippen LogP contribution >= 0.6 is 0 Å². The Morgan fingerprint density at radius 3 is 1.66 bits per heavy atom. The summed E-state index contributed by atoms with van der Waals surface area (Å²) in [4.78, 5) is 2.51. The van der Waals surface area contributed by atoms with E-state index in [0.717, 1.165) is 55.5 Å². The zero-order valence-corrected chi connectivity index (χ0v) is 35.7. The second-order valence-corrected chi connectivity index (χ2v) is 18.0. The van der Waals surface area contributed by atoms with Crippen LogP contribution in [0.2, 0.25) is 0 Å². The van der Waals surface area contributed by atoms with E-state index in [-0.39, 0.29) is 5.41 Å². The normalized spacial score (nSPS) is 14.0. The summed E-state index contributed by atoms with van der Waals surface area (Å²) in [5.74, 6) is 0. The number of rotatable bonds is 6. The molecule has 13 rings (SSSR count). The summed E-state index contributed by atoms with van der Waals surface area (Å²) in [6, 6.07) is 82.9. The highest BCUT2D eigenvalue weighted by atomic mass is 16.3. The summed E-state index contributed by atoms with van der Waals surface area (Å²) in [5, 5.41) is 4.54. The first-order valence-electron chi connectivity index (χ1n) is 22.3. The number of para-hydroxylation sites is 1. The molecule has 0 atom stereocenters. The summed E-state index contributed by atoms with van der Waals surface area (Å²) in [6.45, 7) is 4.74. The predicted molar refractivity (Wildman–Crippen MR) is 266 cm³/mol.